The highest BCUT2D eigenvalue weighted by Crippen LogP contribution is 2.31. The molecular weight excluding hydrogens is 407 g/mol. The van der Waals surface area contributed by atoms with E-state index in [0.717, 1.165) is 27.6 Å². The molecule has 0 saturated carbocycles. The van der Waals surface area contributed by atoms with Gasteiger partial charge in [-0.15, -0.1) is 10.2 Å². The van der Waals surface area contributed by atoms with Crippen LogP contribution in [0.1, 0.15) is 25.9 Å². The molecule has 4 rings (SSSR count). The molecule has 1 aromatic heterocycles. The van der Waals surface area contributed by atoms with Crippen molar-refractivity contribution in [1.82, 2.24) is 20.4 Å². The molecule has 0 aliphatic carbocycles. The van der Waals surface area contributed by atoms with E-state index in [2.05, 4.69) is 20.4 Å². The van der Waals surface area contributed by atoms with Crippen LogP contribution in [0.4, 0.5) is 4.39 Å². The first-order chi connectivity index (χ1) is 14.6. The summed E-state index contributed by atoms with van der Waals surface area (Å²) in [6, 6.07) is 11.9. The minimum absolute atomic E-state index is 0.294. The summed E-state index contributed by atoms with van der Waals surface area (Å²) < 4.78 is 24.1. The van der Waals surface area contributed by atoms with Gasteiger partial charge in [0.2, 0.25) is 5.01 Å². The van der Waals surface area contributed by atoms with Gasteiger partial charge in [-0.25, -0.2) is 4.39 Å². The Morgan fingerprint density at radius 1 is 1.07 bits per heavy atom. The first-order valence-electron chi connectivity index (χ1n) is 9.49. The van der Waals surface area contributed by atoms with Crippen LogP contribution in [0.5, 0.6) is 11.5 Å². The van der Waals surface area contributed by atoms with E-state index in [-0.39, 0.29) is 11.7 Å². The van der Waals surface area contributed by atoms with Crippen molar-refractivity contribution in [3.8, 4) is 11.5 Å². The maximum atomic E-state index is 12.9. The van der Waals surface area contributed by atoms with Crippen LogP contribution in [0, 0.1) is 5.82 Å². The third-order valence-electron chi connectivity index (χ3n) is 4.49. The molecule has 1 amide bonds. The van der Waals surface area contributed by atoms with Crippen molar-refractivity contribution in [2.75, 3.05) is 20.3 Å². The number of nitrogens with one attached hydrogen (secondary N) is 1. The van der Waals surface area contributed by atoms with Crippen molar-refractivity contribution in [3.05, 3.63) is 69.4 Å². The second kappa shape index (κ2) is 9.19. The molecule has 0 radical (unpaired) electrons. The summed E-state index contributed by atoms with van der Waals surface area (Å²) in [7, 11) is 1.98. The van der Waals surface area contributed by atoms with Gasteiger partial charge in [-0.1, -0.05) is 29.5 Å². The zero-order chi connectivity index (χ0) is 20.9. The predicted octanol–water partition coefficient (Wildman–Crippen LogP) is 3.01. The molecule has 3 aromatic rings. The zero-order valence-electron chi connectivity index (χ0n) is 16.4. The van der Waals surface area contributed by atoms with Gasteiger partial charge >= 0.3 is 0 Å². The fourth-order valence-corrected chi connectivity index (χ4v) is 3.89. The fraction of sp³-hybridized carbons (Fsp3) is 0.286. The summed E-state index contributed by atoms with van der Waals surface area (Å²) in [5, 5.41) is 12.0. The largest absolute Gasteiger partial charge is 0.486 e. The number of carbonyl (C=O) groups excluding carboxylic acids is 1. The molecule has 1 aliphatic rings. The number of aromatic nitrogens is 2. The van der Waals surface area contributed by atoms with Crippen LogP contribution in [0.2, 0.25) is 0 Å². The van der Waals surface area contributed by atoms with E-state index in [9.17, 15) is 9.18 Å². The van der Waals surface area contributed by atoms with Gasteiger partial charge in [0.1, 0.15) is 24.0 Å². The Hall–Kier alpha value is -3.04. The van der Waals surface area contributed by atoms with Gasteiger partial charge in [-0.3, -0.25) is 9.69 Å². The standard InChI is InChI=1S/C21H21FN4O3S/c1-26(12-15-4-7-17-18(10-15)29-9-8-28-17)13-19-24-25-21(30-19)20(27)23-11-14-2-5-16(22)6-3-14/h2-7,10H,8-9,11-13H2,1H3,(H,23,27). The molecule has 156 valence electrons. The van der Waals surface area contributed by atoms with Gasteiger partial charge in [-0.05, 0) is 42.4 Å². The molecule has 0 atom stereocenters. The molecule has 0 spiro atoms. The van der Waals surface area contributed by atoms with Crippen LogP contribution in [-0.2, 0) is 19.6 Å². The maximum absolute atomic E-state index is 12.9. The number of ether oxygens (including phenoxy) is 2. The second-order valence-electron chi connectivity index (χ2n) is 6.96. The SMILES string of the molecule is CN(Cc1ccc2c(c1)OCCO2)Cc1nnc(C(=O)NCc2ccc(F)cc2)s1. The van der Waals surface area contributed by atoms with E-state index in [1.165, 1.54) is 23.5 Å². The fourth-order valence-electron chi connectivity index (χ4n) is 3.05. The maximum Gasteiger partial charge on any atom is 0.282 e. The summed E-state index contributed by atoms with van der Waals surface area (Å²) in [6.07, 6.45) is 0. The molecule has 0 unspecified atom stereocenters. The van der Waals surface area contributed by atoms with E-state index < -0.39 is 0 Å². The second-order valence-corrected chi connectivity index (χ2v) is 8.02. The van der Waals surface area contributed by atoms with Gasteiger partial charge in [0.25, 0.3) is 5.91 Å². The van der Waals surface area contributed by atoms with Gasteiger partial charge in [-0.2, -0.15) is 0 Å². The van der Waals surface area contributed by atoms with Gasteiger partial charge in [0, 0.05) is 13.1 Å². The van der Waals surface area contributed by atoms with Crippen LogP contribution in [0.25, 0.3) is 0 Å². The van der Waals surface area contributed by atoms with Crippen LogP contribution in [0.15, 0.2) is 42.5 Å². The molecule has 1 aliphatic heterocycles. The molecule has 7 nitrogen and oxygen atoms in total. The average molecular weight is 428 g/mol. The smallest absolute Gasteiger partial charge is 0.282 e. The quantitative estimate of drug-likeness (QED) is 0.624. The van der Waals surface area contributed by atoms with E-state index in [4.69, 9.17) is 9.47 Å². The Morgan fingerprint density at radius 3 is 2.60 bits per heavy atom. The van der Waals surface area contributed by atoms with Crippen molar-refractivity contribution < 1.29 is 18.7 Å². The lowest BCUT2D eigenvalue weighted by Crippen LogP contribution is -2.22. The van der Waals surface area contributed by atoms with Crippen LogP contribution < -0.4 is 14.8 Å². The number of amides is 1. The van der Waals surface area contributed by atoms with E-state index in [1.54, 1.807) is 12.1 Å². The monoisotopic (exact) mass is 428 g/mol. The first-order valence-corrected chi connectivity index (χ1v) is 10.3. The normalized spacial score (nSPS) is 12.8. The topological polar surface area (TPSA) is 76.6 Å². The lowest BCUT2D eigenvalue weighted by Gasteiger charge is -2.20. The van der Waals surface area contributed by atoms with Gasteiger partial charge in [0.15, 0.2) is 11.5 Å². The Morgan fingerprint density at radius 2 is 1.80 bits per heavy atom. The third kappa shape index (κ3) is 5.11. The number of carbonyl (C=O) groups is 1. The zero-order valence-corrected chi connectivity index (χ0v) is 17.2. The molecular formula is C21H21FN4O3S. The number of fused-ring (bicyclic) bond motifs is 1. The van der Waals surface area contributed by atoms with E-state index in [0.29, 0.717) is 37.9 Å². The molecule has 2 heterocycles. The van der Waals surface area contributed by atoms with Gasteiger partial charge in [0.05, 0.1) is 6.54 Å². The van der Waals surface area contributed by atoms with Crippen molar-refractivity contribution in [1.29, 1.82) is 0 Å². The number of rotatable bonds is 7. The van der Waals surface area contributed by atoms with Crippen LogP contribution >= 0.6 is 11.3 Å². The summed E-state index contributed by atoms with van der Waals surface area (Å²) in [4.78, 5) is 14.4. The minimum Gasteiger partial charge on any atom is -0.486 e. The van der Waals surface area contributed by atoms with Crippen LogP contribution in [-0.4, -0.2) is 41.3 Å². The number of nitrogens with zero attached hydrogens (tertiary/aromatic N) is 3. The Kier molecular flexibility index (Phi) is 6.20. The number of hydrogen-bond acceptors (Lipinski definition) is 7. The van der Waals surface area contributed by atoms with E-state index in [1.807, 2.05) is 25.2 Å². The highest BCUT2D eigenvalue weighted by molar-refractivity contribution is 7.13. The summed E-state index contributed by atoms with van der Waals surface area (Å²) >= 11 is 1.26. The molecule has 0 fully saturated rings. The Bertz CT molecular complexity index is 1030. The molecule has 0 saturated heterocycles. The average Bonchev–Trinajstić information content (AvgIpc) is 3.21. The molecule has 0 bridgehead atoms. The molecule has 9 heteroatoms. The van der Waals surface area contributed by atoms with Gasteiger partial charge < -0.3 is 14.8 Å². The van der Waals surface area contributed by atoms with Crippen molar-refractivity contribution in [3.63, 3.8) is 0 Å². The van der Waals surface area contributed by atoms with Crippen molar-refractivity contribution in [2.24, 2.45) is 0 Å². The summed E-state index contributed by atoms with van der Waals surface area (Å²) in [5.41, 5.74) is 1.91. The number of benzene rings is 2. The number of hydrogen-bond donors (Lipinski definition) is 1. The number of halogens is 1. The molecule has 30 heavy (non-hydrogen) atoms. The highest BCUT2D eigenvalue weighted by Gasteiger charge is 2.15. The summed E-state index contributed by atoms with van der Waals surface area (Å²) in [5.74, 6) is 0.938. The lowest BCUT2D eigenvalue weighted by atomic mass is 10.2. The van der Waals surface area contributed by atoms with Crippen molar-refractivity contribution >= 4 is 17.2 Å². The highest BCUT2D eigenvalue weighted by atomic mass is 32.1. The predicted molar refractivity (Wildman–Crippen MR) is 110 cm³/mol. The summed E-state index contributed by atoms with van der Waals surface area (Å²) in [6.45, 7) is 2.70. The third-order valence-corrected chi connectivity index (χ3v) is 5.40. The van der Waals surface area contributed by atoms with Crippen molar-refractivity contribution in [2.45, 2.75) is 19.6 Å². The molecule has 1 N–H and O–H groups in total. The molecule has 2 aromatic carbocycles. The first kappa shape index (κ1) is 20.2. The minimum atomic E-state index is -0.306. The Labute approximate surface area is 177 Å². The van der Waals surface area contributed by atoms with Crippen LogP contribution in [0.3, 0.4) is 0 Å². The lowest BCUT2D eigenvalue weighted by molar-refractivity contribution is 0.0950. The Balaban J connectivity index is 1.30. The van der Waals surface area contributed by atoms with E-state index >= 15 is 0 Å².